The van der Waals surface area contributed by atoms with Gasteiger partial charge in [0.15, 0.2) is 0 Å². The fraction of sp³-hybridized carbons (Fsp3) is 0.353. The van der Waals surface area contributed by atoms with Gasteiger partial charge in [0, 0.05) is 18.9 Å². The van der Waals surface area contributed by atoms with Crippen LogP contribution in [0.5, 0.6) is 11.5 Å². The van der Waals surface area contributed by atoms with E-state index in [1.165, 1.54) is 11.7 Å². The molecule has 1 heterocycles. The minimum Gasteiger partial charge on any atom is -0.496 e. The zero-order chi connectivity index (χ0) is 17.1. The van der Waals surface area contributed by atoms with Crippen molar-refractivity contribution in [1.82, 2.24) is 4.57 Å². The molecule has 0 spiro atoms. The van der Waals surface area contributed by atoms with Crippen molar-refractivity contribution in [2.24, 2.45) is 7.05 Å². The predicted octanol–water partition coefficient (Wildman–Crippen LogP) is 2.53. The first-order valence-electron chi connectivity index (χ1n) is 7.14. The summed E-state index contributed by atoms with van der Waals surface area (Å²) in [5.74, 6) is 1.03. The Morgan fingerprint density at radius 3 is 2.57 bits per heavy atom. The monoisotopic (exact) mass is 319 g/mol. The summed E-state index contributed by atoms with van der Waals surface area (Å²) in [6.07, 6.45) is -0.519. The molecule has 0 saturated heterocycles. The Balaban J connectivity index is 2.78. The number of pyridine rings is 1. The number of fused-ring (bicyclic) bond motifs is 1. The lowest BCUT2D eigenvalue weighted by Crippen LogP contribution is -2.27. The number of aromatic nitrogens is 1. The lowest BCUT2D eigenvalue weighted by molar-refractivity contribution is -0.268. The standard InChI is InChI=1S/C17H21NO5/c1-10(2)14(23-20)9-12-16(22-5)11-7-6-8-13(21-4)15(11)18(3)17(12)19/h6-8,14,20H,1,9H2,2-5H3. The number of para-hydroxylation sites is 1. The number of benzene rings is 1. The Morgan fingerprint density at radius 2 is 2.04 bits per heavy atom. The van der Waals surface area contributed by atoms with Gasteiger partial charge in [-0.05, 0) is 24.6 Å². The van der Waals surface area contributed by atoms with Crippen molar-refractivity contribution in [3.05, 3.63) is 46.3 Å². The van der Waals surface area contributed by atoms with Crippen molar-refractivity contribution in [1.29, 1.82) is 0 Å². The molecule has 0 saturated carbocycles. The third-order valence-electron chi connectivity index (χ3n) is 3.91. The molecule has 0 aliphatic rings. The molecule has 0 amide bonds. The van der Waals surface area contributed by atoms with Gasteiger partial charge in [-0.3, -0.25) is 10.1 Å². The topological polar surface area (TPSA) is 69.9 Å². The van der Waals surface area contributed by atoms with Crippen LogP contribution in [0.25, 0.3) is 10.9 Å². The van der Waals surface area contributed by atoms with Crippen LogP contribution < -0.4 is 15.0 Å². The highest BCUT2D eigenvalue weighted by Gasteiger charge is 2.22. The minimum atomic E-state index is -0.681. The predicted molar refractivity (Wildman–Crippen MR) is 88.3 cm³/mol. The molecule has 1 unspecified atom stereocenters. The fourth-order valence-corrected chi connectivity index (χ4v) is 2.68. The van der Waals surface area contributed by atoms with E-state index in [1.54, 1.807) is 27.1 Å². The van der Waals surface area contributed by atoms with Crippen molar-refractivity contribution in [2.45, 2.75) is 19.4 Å². The zero-order valence-electron chi connectivity index (χ0n) is 13.8. The second-order valence-electron chi connectivity index (χ2n) is 5.38. The van der Waals surface area contributed by atoms with Gasteiger partial charge in [0.1, 0.15) is 17.6 Å². The number of aryl methyl sites for hydroxylation is 1. The van der Waals surface area contributed by atoms with Crippen LogP contribution in [0.15, 0.2) is 35.1 Å². The minimum absolute atomic E-state index is 0.162. The fourth-order valence-electron chi connectivity index (χ4n) is 2.68. The Labute approximate surface area is 134 Å². The Hall–Kier alpha value is -2.31. The molecule has 1 N–H and O–H groups in total. The van der Waals surface area contributed by atoms with Crippen LogP contribution in [0.2, 0.25) is 0 Å². The SMILES string of the molecule is C=C(C)C(Cc1c(OC)c2cccc(OC)c2n(C)c1=O)OO. The molecule has 2 rings (SSSR count). The number of methoxy groups -OCH3 is 2. The van der Waals surface area contributed by atoms with Crippen LogP contribution in [-0.2, 0) is 18.4 Å². The summed E-state index contributed by atoms with van der Waals surface area (Å²) in [5.41, 5.74) is 1.44. The normalized spacial score (nSPS) is 12.2. The summed E-state index contributed by atoms with van der Waals surface area (Å²) in [6.45, 7) is 5.49. The van der Waals surface area contributed by atoms with E-state index in [9.17, 15) is 4.79 Å². The van der Waals surface area contributed by atoms with Gasteiger partial charge in [0.2, 0.25) is 0 Å². The van der Waals surface area contributed by atoms with Crippen LogP contribution in [0, 0.1) is 0 Å². The molecule has 23 heavy (non-hydrogen) atoms. The highest BCUT2D eigenvalue weighted by atomic mass is 17.1. The summed E-state index contributed by atoms with van der Waals surface area (Å²) in [6, 6.07) is 5.47. The molecule has 0 bridgehead atoms. The van der Waals surface area contributed by atoms with Crippen molar-refractivity contribution >= 4 is 10.9 Å². The van der Waals surface area contributed by atoms with Crippen molar-refractivity contribution in [3.8, 4) is 11.5 Å². The number of hydrogen-bond donors (Lipinski definition) is 1. The number of nitrogens with zero attached hydrogens (tertiary/aromatic N) is 1. The molecular formula is C17H21NO5. The van der Waals surface area contributed by atoms with Gasteiger partial charge in [-0.15, -0.1) is 0 Å². The largest absolute Gasteiger partial charge is 0.496 e. The van der Waals surface area contributed by atoms with E-state index < -0.39 is 6.10 Å². The van der Waals surface area contributed by atoms with Crippen molar-refractivity contribution in [2.75, 3.05) is 14.2 Å². The van der Waals surface area contributed by atoms with Crippen molar-refractivity contribution in [3.63, 3.8) is 0 Å². The van der Waals surface area contributed by atoms with Gasteiger partial charge >= 0.3 is 0 Å². The first kappa shape index (κ1) is 17.1. The highest BCUT2D eigenvalue weighted by Crippen LogP contribution is 2.33. The molecule has 6 heteroatoms. The summed E-state index contributed by atoms with van der Waals surface area (Å²) in [5, 5.41) is 9.80. The smallest absolute Gasteiger partial charge is 0.257 e. The average Bonchev–Trinajstić information content (AvgIpc) is 2.55. The Morgan fingerprint density at radius 1 is 1.35 bits per heavy atom. The van der Waals surface area contributed by atoms with E-state index in [4.69, 9.17) is 14.7 Å². The first-order valence-corrected chi connectivity index (χ1v) is 7.14. The quantitative estimate of drug-likeness (QED) is 0.503. The zero-order valence-corrected chi connectivity index (χ0v) is 13.8. The first-order chi connectivity index (χ1) is 11.0. The molecule has 0 fully saturated rings. The van der Waals surface area contributed by atoms with E-state index in [0.29, 0.717) is 28.2 Å². The van der Waals surface area contributed by atoms with Crippen LogP contribution in [0.3, 0.4) is 0 Å². The van der Waals surface area contributed by atoms with Gasteiger partial charge in [-0.1, -0.05) is 12.6 Å². The molecule has 124 valence electrons. The summed E-state index contributed by atoms with van der Waals surface area (Å²) in [4.78, 5) is 17.2. The summed E-state index contributed by atoms with van der Waals surface area (Å²) in [7, 11) is 4.73. The van der Waals surface area contributed by atoms with Gasteiger partial charge in [0.25, 0.3) is 5.56 Å². The molecule has 0 radical (unpaired) electrons. The van der Waals surface area contributed by atoms with Crippen LogP contribution >= 0.6 is 0 Å². The molecular weight excluding hydrogens is 298 g/mol. The van der Waals surface area contributed by atoms with E-state index in [0.717, 1.165) is 5.39 Å². The second kappa shape index (κ2) is 6.85. The second-order valence-corrected chi connectivity index (χ2v) is 5.38. The van der Waals surface area contributed by atoms with Crippen LogP contribution in [-0.4, -0.2) is 30.1 Å². The molecule has 0 aliphatic heterocycles. The maximum atomic E-state index is 12.8. The molecule has 1 aromatic carbocycles. The third-order valence-corrected chi connectivity index (χ3v) is 3.91. The van der Waals surface area contributed by atoms with Gasteiger partial charge in [0.05, 0.1) is 25.3 Å². The van der Waals surface area contributed by atoms with E-state index in [-0.39, 0.29) is 12.0 Å². The maximum Gasteiger partial charge on any atom is 0.257 e. The van der Waals surface area contributed by atoms with Gasteiger partial charge < -0.3 is 14.0 Å². The van der Waals surface area contributed by atoms with E-state index in [2.05, 4.69) is 11.5 Å². The molecule has 6 nitrogen and oxygen atoms in total. The van der Waals surface area contributed by atoms with Crippen LogP contribution in [0.4, 0.5) is 0 Å². The number of hydrogen-bond acceptors (Lipinski definition) is 5. The average molecular weight is 319 g/mol. The summed E-state index contributed by atoms with van der Waals surface area (Å²) >= 11 is 0. The number of rotatable bonds is 6. The van der Waals surface area contributed by atoms with Crippen molar-refractivity contribution < 1.29 is 19.6 Å². The Kier molecular flexibility index (Phi) is 5.08. The Bertz CT molecular complexity index is 794. The van der Waals surface area contributed by atoms with Gasteiger partial charge in [-0.2, -0.15) is 0 Å². The van der Waals surface area contributed by atoms with Crippen LogP contribution in [0.1, 0.15) is 12.5 Å². The molecule has 1 atom stereocenters. The third kappa shape index (κ3) is 2.95. The lowest BCUT2D eigenvalue weighted by Gasteiger charge is -2.19. The van der Waals surface area contributed by atoms with Gasteiger partial charge in [-0.25, -0.2) is 4.89 Å². The number of ether oxygens (including phenoxy) is 2. The molecule has 0 aliphatic carbocycles. The lowest BCUT2D eigenvalue weighted by atomic mass is 10.0. The molecule has 1 aromatic heterocycles. The highest BCUT2D eigenvalue weighted by molar-refractivity contribution is 5.91. The summed E-state index contributed by atoms with van der Waals surface area (Å²) < 4.78 is 12.3. The molecule has 2 aromatic rings. The van der Waals surface area contributed by atoms with E-state index >= 15 is 0 Å². The maximum absolute atomic E-state index is 12.8. The van der Waals surface area contributed by atoms with E-state index in [1.807, 2.05) is 12.1 Å².